The maximum Gasteiger partial charge on any atom is 0.320 e. The Hall–Kier alpha value is -2.81. The van der Waals surface area contributed by atoms with Crippen LogP contribution in [0.5, 0.6) is 5.75 Å². The molecule has 1 fully saturated rings. The molecule has 3 heterocycles. The van der Waals surface area contributed by atoms with Gasteiger partial charge in [-0.25, -0.2) is 4.98 Å². The fourth-order valence-corrected chi connectivity index (χ4v) is 4.38. The molecule has 0 bridgehead atoms. The SMILES string of the molecule is COc1cc(CO)c(-c2cn3ccc(N4CCN(CC(=O)OC(C)(C)C)CC4)cc3n2)cc1Cl. The van der Waals surface area contributed by atoms with Gasteiger partial charge in [0, 0.05) is 55.9 Å². The minimum atomic E-state index is -0.466. The van der Waals surface area contributed by atoms with Crippen LogP contribution < -0.4 is 9.64 Å². The van der Waals surface area contributed by atoms with Gasteiger partial charge in [0.25, 0.3) is 0 Å². The smallest absolute Gasteiger partial charge is 0.320 e. The molecule has 4 rings (SSSR count). The van der Waals surface area contributed by atoms with Crippen molar-refractivity contribution in [1.82, 2.24) is 14.3 Å². The number of carbonyl (C=O) groups is 1. The van der Waals surface area contributed by atoms with Crippen LogP contribution in [0.15, 0.2) is 36.7 Å². The Morgan fingerprint density at radius 2 is 1.91 bits per heavy atom. The van der Waals surface area contributed by atoms with Gasteiger partial charge < -0.3 is 23.9 Å². The van der Waals surface area contributed by atoms with Crippen LogP contribution in [0, 0.1) is 0 Å². The molecule has 1 N–H and O–H groups in total. The third-order valence-corrected chi connectivity index (χ3v) is 6.07. The molecule has 2 aromatic heterocycles. The summed E-state index contributed by atoms with van der Waals surface area (Å²) in [6.45, 7) is 9.02. The number of hydrogen-bond donors (Lipinski definition) is 1. The van der Waals surface area contributed by atoms with Crippen molar-refractivity contribution in [2.24, 2.45) is 0 Å². The molecule has 0 amide bonds. The number of rotatable bonds is 6. The van der Waals surface area contributed by atoms with Crippen molar-refractivity contribution in [3.63, 3.8) is 0 Å². The monoisotopic (exact) mass is 486 g/mol. The van der Waals surface area contributed by atoms with Gasteiger partial charge in [-0.1, -0.05) is 11.6 Å². The molecule has 0 radical (unpaired) electrons. The van der Waals surface area contributed by atoms with E-state index in [0.717, 1.165) is 48.8 Å². The average molecular weight is 487 g/mol. The molecular formula is C25H31ClN4O4. The van der Waals surface area contributed by atoms with E-state index in [9.17, 15) is 9.90 Å². The first kappa shape index (κ1) is 24.3. The van der Waals surface area contributed by atoms with E-state index in [1.165, 1.54) is 0 Å². The lowest BCUT2D eigenvalue weighted by Crippen LogP contribution is -2.48. The lowest BCUT2D eigenvalue weighted by molar-refractivity contribution is -0.156. The van der Waals surface area contributed by atoms with E-state index in [1.807, 2.05) is 37.6 Å². The summed E-state index contributed by atoms with van der Waals surface area (Å²) < 4.78 is 12.7. The van der Waals surface area contributed by atoms with Gasteiger partial charge >= 0.3 is 5.97 Å². The van der Waals surface area contributed by atoms with Crippen molar-refractivity contribution in [3.8, 4) is 17.0 Å². The molecule has 1 aliphatic rings. The van der Waals surface area contributed by atoms with Gasteiger partial charge in [-0.2, -0.15) is 0 Å². The van der Waals surface area contributed by atoms with Crippen LogP contribution >= 0.6 is 11.6 Å². The van der Waals surface area contributed by atoms with Crippen molar-refractivity contribution >= 4 is 28.9 Å². The van der Waals surface area contributed by atoms with Gasteiger partial charge in [-0.15, -0.1) is 0 Å². The number of fused-ring (bicyclic) bond motifs is 1. The van der Waals surface area contributed by atoms with Crippen molar-refractivity contribution < 1.29 is 19.4 Å². The highest BCUT2D eigenvalue weighted by atomic mass is 35.5. The minimum absolute atomic E-state index is 0.143. The van der Waals surface area contributed by atoms with Crippen molar-refractivity contribution in [2.45, 2.75) is 33.0 Å². The van der Waals surface area contributed by atoms with E-state index in [1.54, 1.807) is 19.2 Å². The first-order chi connectivity index (χ1) is 16.2. The zero-order valence-corrected chi connectivity index (χ0v) is 20.8. The number of halogens is 1. The highest BCUT2D eigenvalue weighted by Crippen LogP contribution is 2.34. The van der Waals surface area contributed by atoms with Gasteiger partial charge in [0.05, 0.1) is 31.0 Å². The molecule has 0 saturated carbocycles. The quantitative estimate of drug-likeness (QED) is 0.533. The Morgan fingerprint density at radius 3 is 2.56 bits per heavy atom. The van der Waals surface area contributed by atoms with Crippen LogP contribution in [-0.4, -0.2) is 70.8 Å². The number of aliphatic hydroxyl groups excluding tert-OH is 1. The van der Waals surface area contributed by atoms with Gasteiger partial charge in [0.2, 0.25) is 0 Å². The Labute approximate surface area is 204 Å². The molecule has 9 heteroatoms. The molecule has 3 aromatic rings. The maximum atomic E-state index is 12.1. The van der Waals surface area contributed by atoms with E-state index in [4.69, 9.17) is 26.1 Å². The van der Waals surface area contributed by atoms with E-state index < -0.39 is 5.60 Å². The minimum Gasteiger partial charge on any atom is -0.495 e. The fraction of sp³-hybridized carbons (Fsp3) is 0.440. The Kier molecular flexibility index (Phi) is 7.02. The summed E-state index contributed by atoms with van der Waals surface area (Å²) >= 11 is 6.33. The molecule has 0 atom stereocenters. The number of aromatic nitrogens is 2. The number of nitrogens with zero attached hydrogens (tertiary/aromatic N) is 4. The number of ether oxygens (including phenoxy) is 2. The van der Waals surface area contributed by atoms with Crippen LogP contribution in [0.2, 0.25) is 5.02 Å². The summed E-state index contributed by atoms with van der Waals surface area (Å²) in [5.41, 5.74) is 3.62. The predicted octanol–water partition coefficient (Wildman–Crippen LogP) is 3.62. The Bertz CT molecular complexity index is 1180. The van der Waals surface area contributed by atoms with Gasteiger partial charge in [0.15, 0.2) is 0 Å². The van der Waals surface area contributed by atoms with Crippen molar-refractivity contribution in [1.29, 1.82) is 0 Å². The molecule has 0 aliphatic carbocycles. The fourth-order valence-electron chi connectivity index (χ4n) is 4.14. The largest absolute Gasteiger partial charge is 0.495 e. The third kappa shape index (κ3) is 5.46. The second-order valence-corrected chi connectivity index (χ2v) is 9.84. The Balaban J connectivity index is 1.48. The van der Waals surface area contributed by atoms with E-state index >= 15 is 0 Å². The number of methoxy groups -OCH3 is 1. The maximum absolute atomic E-state index is 12.1. The van der Waals surface area contributed by atoms with E-state index in [-0.39, 0.29) is 12.6 Å². The predicted molar refractivity (Wildman–Crippen MR) is 133 cm³/mol. The van der Waals surface area contributed by atoms with E-state index in [2.05, 4.69) is 21.9 Å². The van der Waals surface area contributed by atoms with E-state index in [0.29, 0.717) is 22.9 Å². The molecule has 1 saturated heterocycles. The number of anilines is 1. The topological polar surface area (TPSA) is 79.5 Å². The van der Waals surface area contributed by atoms with Gasteiger partial charge in [-0.3, -0.25) is 9.69 Å². The standard InChI is InChI=1S/C25H31ClN4O4/c1-25(2,3)34-24(32)15-28-7-9-29(10-8-28)18-5-6-30-14-21(27-23(30)12-18)19-13-20(26)22(33-4)11-17(19)16-31/h5-6,11-14,31H,7-10,15-16H2,1-4H3. The summed E-state index contributed by atoms with van der Waals surface area (Å²) in [6.07, 6.45) is 3.91. The summed E-state index contributed by atoms with van der Waals surface area (Å²) in [7, 11) is 1.55. The number of aliphatic hydroxyl groups is 1. The lowest BCUT2D eigenvalue weighted by atomic mass is 10.1. The summed E-state index contributed by atoms with van der Waals surface area (Å²) in [5, 5.41) is 10.3. The number of esters is 1. The van der Waals surface area contributed by atoms with Crippen molar-refractivity contribution in [3.05, 3.63) is 47.2 Å². The second-order valence-electron chi connectivity index (χ2n) is 9.43. The zero-order chi connectivity index (χ0) is 24.5. The third-order valence-electron chi connectivity index (χ3n) is 5.78. The highest BCUT2D eigenvalue weighted by Gasteiger charge is 2.23. The molecule has 8 nitrogen and oxygen atoms in total. The Morgan fingerprint density at radius 1 is 1.18 bits per heavy atom. The zero-order valence-electron chi connectivity index (χ0n) is 20.0. The number of pyridine rings is 1. The molecule has 0 unspecified atom stereocenters. The van der Waals surface area contributed by atoms with Gasteiger partial charge in [-0.05, 0) is 44.5 Å². The second kappa shape index (κ2) is 9.82. The number of benzene rings is 1. The van der Waals surface area contributed by atoms with Crippen LogP contribution in [0.1, 0.15) is 26.3 Å². The molecule has 182 valence electrons. The van der Waals surface area contributed by atoms with Crippen LogP contribution in [-0.2, 0) is 16.1 Å². The number of piperazine rings is 1. The summed E-state index contributed by atoms with van der Waals surface area (Å²) in [4.78, 5) is 21.3. The molecule has 1 aliphatic heterocycles. The summed E-state index contributed by atoms with van der Waals surface area (Å²) in [5.74, 6) is 0.333. The molecule has 34 heavy (non-hydrogen) atoms. The van der Waals surface area contributed by atoms with Crippen LogP contribution in [0.3, 0.4) is 0 Å². The first-order valence-electron chi connectivity index (χ1n) is 11.3. The molecule has 0 spiro atoms. The first-order valence-corrected chi connectivity index (χ1v) is 11.7. The number of carbonyl (C=O) groups excluding carboxylic acids is 1. The average Bonchev–Trinajstić information content (AvgIpc) is 3.21. The lowest BCUT2D eigenvalue weighted by Gasteiger charge is -2.36. The number of imidazole rings is 1. The molecule has 1 aromatic carbocycles. The highest BCUT2D eigenvalue weighted by molar-refractivity contribution is 6.32. The van der Waals surface area contributed by atoms with Crippen molar-refractivity contribution in [2.75, 3.05) is 44.7 Å². The molecular weight excluding hydrogens is 456 g/mol. The van der Waals surface area contributed by atoms with Gasteiger partial charge in [0.1, 0.15) is 17.0 Å². The van der Waals surface area contributed by atoms with Crippen LogP contribution in [0.25, 0.3) is 16.9 Å². The summed E-state index contributed by atoms with van der Waals surface area (Å²) in [6, 6.07) is 7.63. The van der Waals surface area contributed by atoms with Crippen LogP contribution in [0.4, 0.5) is 5.69 Å². The normalized spacial score (nSPS) is 15.1. The number of hydrogen-bond acceptors (Lipinski definition) is 7.